The molecule has 2 rings (SSSR count). The van der Waals surface area contributed by atoms with Crippen LogP contribution in [0.2, 0.25) is 0 Å². The third-order valence-corrected chi connectivity index (χ3v) is 4.34. The lowest BCUT2D eigenvalue weighted by atomic mass is 10.1. The molecule has 10 heteroatoms. The monoisotopic (exact) mass is 515 g/mol. The van der Waals surface area contributed by atoms with Crippen molar-refractivity contribution in [1.29, 1.82) is 0 Å². The van der Waals surface area contributed by atoms with Gasteiger partial charge in [0.1, 0.15) is 17.2 Å². The van der Waals surface area contributed by atoms with Crippen LogP contribution < -0.4 is 5.32 Å². The molecule has 0 saturated heterocycles. The minimum absolute atomic E-state index is 0.0350. The standard InChI is InChI=1S/C13H16FNO4.C9H8BrFO2/c1-13(2,3)19-12(18)15-7-8-4-5-9(11(16)17)10(14)6-8;1-13-9(12)7-3-2-6(5-10)4-8(7)11/h4-6H,7H2,1-3H3,(H,15,18)(H,16,17);2-4H,5H2,1H3. The molecule has 0 unspecified atom stereocenters. The number of alkyl carbamates (subject to hydrolysis) is 1. The number of hydrogen-bond donors (Lipinski definition) is 2. The Morgan fingerprint density at radius 2 is 1.53 bits per heavy atom. The van der Waals surface area contributed by atoms with Crippen LogP contribution in [0.4, 0.5) is 13.6 Å². The fraction of sp³-hybridized carbons (Fsp3) is 0.318. The van der Waals surface area contributed by atoms with E-state index in [4.69, 9.17) is 9.84 Å². The van der Waals surface area contributed by atoms with E-state index in [-0.39, 0.29) is 12.1 Å². The maximum Gasteiger partial charge on any atom is 0.407 e. The molecule has 0 aliphatic carbocycles. The minimum Gasteiger partial charge on any atom is -0.478 e. The third-order valence-electron chi connectivity index (χ3n) is 3.69. The summed E-state index contributed by atoms with van der Waals surface area (Å²) in [6, 6.07) is 8.05. The molecule has 0 heterocycles. The molecule has 1 amide bonds. The summed E-state index contributed by atoms with van der Waals surface area (Å²) in [7, 11) is 1.22. The van der Waals surface area contributed by atoms with Crippen molar-refractivity contribution in [2.75, 3.05) is 7.11 Å². The second kappa shape index (κ2) is 12.1. The average Bonchev–Trinajstić information content (AvgIpc) is 2.70. The van der Waals surface area contributed by atoms with Crippen molar-refractivity contribution in [3.8, 4) is 0 Å². The van der Waals surface area contributed by atoms with Crippen LogP contribution in [0.25, 0.3) is 0 Å². The summed E-state index contributed by atoms with van der Waals surface area (Å²) in [5.74, 6) is -3.37. The zero-order valence-electron chi connectivity index (χ0n) is 18.0. The van der Waals surface area contributed by atoms with Crippen LogP contribution >= 0.6 is 15.9 Å². The molecule has 2 aromatic rings. The summed E-state index contributed by atoms with van der Waals surface area (Å²) in [5, 5.41) is 11.7. The Morgan fingerprint density at radius 3 is 2.00 bits per heavy atom. The van der Waals surface area contributed by atoms with Gasteiger partial charge in [-0.25, -0.2) is 23.2 Å². The molecular formula is C22H24BrF2NO6. The molecule has 0 aromatic heterocycles. The van der Waals surface area contributed by atoms with Gasteiger partial charge in [0.25, 0.3) is 0 Å². The Labute approximate surface area is 192 Å². The molecule has 0 aliphatic heterocycles. The molecule has 0 bridgehead atoms. The predicted molar refractivity (Wildman–Crippen MR) is 117 cm³/mol. The van der Waals surface area contributed by atoms with Gasteiger partial charge >= 0.3 is 18.0 Å². The number of aromatic carboxylic acids is 1. The molecule has 0 saturated carbocycles. The fourth-order valence-electron chi connectivity index (χ4n) is 2.25. The maximum atomic E-state index is 13.4. The van der Waals surface area contributed by atoms with E-state index >= 15 is 0 Å². The Morgan fingerprint density at radius 1 is 1.00 bits per heavy atom. The van der Waals surface area contributed by atoms with Crippen molar-refractivity contribution in [3.63, 3.8) is 0 Å². The van der Waals surface area contributed by atoms with Crippen LogP contribution in [0, 0.1) is 11.6 Å². The van der Waals surface area contributed by atoms with Gasteiger partial charge in [0.05, 0.1) is 18.2 Å². The first kappa shape index (κ1) is 27.0. The summed E-state index contributed by atoms with van der Waals surface area (Å²) < 4.78 is 35.9. The van der Waals surface area contributed by atoms with Crippen LogP contribution in [0.15, 0.2) is 36.4 Å². The van der Waals surface area contributed by atoms with E-state index in [1.807, 2.05) is 0 Å². The zero-order valence-corrected chi connectivity index (χ0v) is 19.6. The van der Waals surface area contributed by atoms with Gasteiger partial charge in [0, 0.05) is 11.9 Å². The van der Waals surface area contributed by atoms with Crippen molar-refractivity contribution in [2.24, 2.45) is 0 Å². The number of rotatable bonds is 5. The van der Waals surface area contributed by atoms with Crippen molar-refractivity contribution in [2.45, 2.75) is 38.2 Å². The molecule has 2 aromatic carbocycles. The fourth-order valence-corrected chi connectivity index (χ4v) is 2.60. The minimum atomic E-state index is -1.33. The number of carbonyl (C=O) groups is 3. The first-order valence-corrected chi connectivity index (χ1v) is 10.4. The highest BCUT2D eigenvalue weighted by atomic mass is 79.9. The van der Waals surface area contributed by atoms with E-state index in [2.05, 4.69) is 26.0 Å². The lowest BCUT2D eigenvalue weighted by molar-refractivity contribution is 0.0521. The summed E-state index contributed by atoms with van der Waals surface area (Å²) in [6.07, 6.45) is -0.616. The summed E-state index contributed by atoms with van der Waals surface area (Å²) >= 11 is 3.19. The molecule has 7 nitrogen and oxygen atoms in total. The summed E-state index contributed by atoms with van der Waals surface area (Å²) in [4.78, 5) is 33.0. The quantitative estimate of drug-likeness (QED) is 0.426. The van der Waals surface area contributed by atoms with Gasteiger partial charge in [-0.1, -0.05) is 28.1 Å². The van der Waals surface area contributed by atoms with Crippen LogP contribution in [0.1, 0.15) is 52.6 Å². The molecule has 2 N–H and O–H groups in total. The van der Waals surface area contributed by atoms with Crippen molar-refractivity contribution >= 4 is 34.0 Å². The molecule has 0 aliphatic rings. The van der Waals surface area contributed by atoms with Crippen LogP contribution in [-0.2, 0) is 21.3 Å². The number of methoxy groups -OCH3 is 1. The highest BCUT2D eigenvalue weighted by Gasteiger charge is 2.16. The van der Waals surface area contributed by atoms with Crippen LogP contribution in [-0.4, -0.2) is 35.8 Å². The predicted octanol–water partition coefficient (Wildman–Crippen LogP) is 5.06. The van der Waals surface area contributed by atoms with E-state index < -0.39 is 40.8 Å². The SMILES string of the molecule is CC(C)(C)OC(=O)NCc1ccc(C(=O)O)c(F)c1.COC(=O)c1ccc(CBr)cc1F. The van der Waals surface area contributed by atoms with Gasteiger partial charge in [0.15, 0.2) is 0 Å². The maximum absolute atomic E-state index is 13.4. The van der Waals surface area contributed by atoms with E-state index in [1.54, 1.807) is 26.8 Å². The Hall–Kier alpha value is -3.01. The van der Waals surface area contributed by atoms with E-state index in [9.17, 15) is 23.2 Å². The van der Waals surface area contributed by atoms with Gasteiger partial charge in [-0.05, 0) is 56.2 Å². The Balaban J connectivity index is 0.000000343. The molecule has 0 atom stereocenters. The van der Waals surface area contributed by atoms with E-state index in [1.165, 1.54) is 25.3 Å². The zero-order chi connectivity index (χ0) is 24.5. The Kier molecular flexibility index (Phi) is 10.2. The number of carboxylic acid groups (broad SMARTS) is 1. The van der Waals surface area contributed by atoms with Gasteiger partial charge in [-0.3, -0.25) is 0 Å². The van der Waals surface area contributed by atoms with Crippen LogP contribution in [0.5, 0.6) is 0 Å². The highest BCUT2D eigenvalue weighted by molar-refractivity contribution is 9.08. The van der Waals surface area contributed by atoms with Crippen molar-refractivity contribution in [3.05, 3.63) is 70.3 Å². The second-order valence-corrected chi connectivity index (χ2v) is 7.97. The third kappa shape index (κ3) is 9.01. The topological polar surface area (TPSA) is 102 Å². The molecule has 32 heavy (non-hydrogen) atoms. The van der Waals surface area contributed by atoms with Crippen LogP contribution in [0.3, 0.4) is 0 Å². The van der Waals surface area contributed by atoms with Gasteiger partial charge < -0.3 is 19.9 Å². The van der Waals surface area contributed by atoms with Gasteiger partial charge in [0.2, 0.25) is 0 Å². The molecule has 174 valence electrons. The van der Waals surface area contributed by atoms with E-state index in [0.29, 0.717) is 10.9 Å². The number of carbonyl (C=O) groups excluding carboxylic acids is 2. The molecule has 0 radical (unpaired) electrons. The summed E-state index contributed by atoms with van der Waals surface area (Å²) in [5.41, 5.74) is 0.189. The lowest BCUT2D eigenvalue weighted by Crippen LogP contribution is -2.32. The van der Waals surface area contributed by atoms with Crippen molar-refractivity contribution < 1.29 is 37.7 Å². The number of amides is 1. The number of nitrogens with one attached hydrogen (secondary N) is 1. The van der Waals surface area contributed by atoms with Gasteiger partial charge in [-0.15, -0.1) is 0 Å². The first-order chi connectivity index (χ1) is 14.9. The number of benzene rings is 2. The van der Waals surface area contributed by atoms with Crippen molar-refractivity contribution in [1.82, 2.24) is 5.32 Å². The highest BCUT2D eigenvalue weighted by Crippen LogP contribution is 2.14. The molecule has 0 spiro atoms. The van der Waals surface area contributed by atoms with E-state index in [0.717, 1.165) is 17.7 Å². The normalized spacial score (nSPS) is 10.5. The smallest absolute Gasteiger partial charge is 0.407 e. The number of carboxylic acids is 1. The number of hydrogen-bond acceptors (Lipinski definition) is 5. The number of ether oxygens (including phenoxy) is 2. The Bertz CT molecular complexity index is 975. The largest absolute Gasteiger partial charge is 0.478 e. The molecular weight excluding hydrogens is 492 g/mol. The number of esters is 1. The average molecular weight is 516 g/mol. The number of halogens is 3. The lowest BCUT2D eigenvalue weighted by Gasteiger charge is -2.19. The second-order valence-electron chi connectivity index (χ2n) is 7.41. The first-order valence-electron chi connectivity index (χ1n) is 9.29. The van der Waals surface area contributed by atoms with Gasteiger partial charge in [-0.2, -0.15) is 0 Å². The molecule has 0 fully saturated rings. The summed E-state index contributed by atoms with van der Waals surface area (Å²) in [6.45, 7) is 5.25. The number of alkyl halides is 1.